The molecule has 1 atom stereocenters. The number of H-pyrrole nitrogens is 2. The second-order valence-electron chi connectivity index (χ2n) is 4.73. The molecule has 1 aromatic heterocycles. The van der Waals surface area contributed by atoms with E-state index in [-0.39, 0.29) is 18.3 Å². The lowest BCUT2D eigenvalue weighted by Gasteiger charge is -2.24. The third-order valence-corrected chi connectivity index (χ3v) is 3.18. The first-order chi connectivity index (χ1) is 8.61. The van der Waals surface area contributed by atoms with E-state index in [2.05, 4.69) is 14.9 Å². The van der Waals surface area contributed by atoms with Crippen molar-refractivity contribution in [3.63, 3.8) is 0 Å². The van der Waals surface area contributed by atoms with Crippen molar-refractivity contribution in [1.82, 2.24) is 14.9 Å². The molecule has 2 rings (SSSR count). The van der Waals surface area contributed by atoms with Crippen LogP contribution in [0.1, 0.15) is 24.4 Å². The summed E-state index contributed by atoms with van der Waals surface area (Å²) in [5.74, 6) is 0. The molecule has 18 heavy (non-hydrogen) atoms. The zero-order valence-electron chi connectivity index (χ0n) is 10.7. The summed E-state index contributed by atoms with van der Waals surface area (Å²) < 4.78 is 0. The lowest BCUT2D eigenvalue weighted by Crippen LogP contribution is -2.20. The Balaban J connectivity index is 2.34. The van der Waals surface area contributed by atoms with Crippen molar-refractivity contribution >= 4 is 11.0 Å². The fourth-order valence-corrected chi connectivity index (χ4v) is 2.27. The summed E-state index contributed by atoms with van der Waals surface area (Å²) in [5, 5.41) is 8.95. The summed E-state index contributed by atoms with van der Waals surface area (Å²) in [6.07, 6.45) is 1.66. The van der Waals surface area contributed by atoms with Crippen molar-refractivity contribution in [2.75, 3.05) is 20.7 Å². The monoisotopic (exact) mass is 249 g/mol. The normalized spacial score (nSPS) is 13.3. The van der Waals surface area contributed by atoms with E-state index >= 15 is 0 Å². The minimum atomic E-state index is -0.182. The second kappa shape index (κ2) is 5.37. The van der Waals surface area contributed by atoms with Gasteiger partial charge in [0.1, 0.15) is 0 Å². The molecule has 1 unspecified atom stereocenters. The van der Waals surface area contributed by atoms with Gasteiger partial charge in [0.25, 0.3) is 0 Å². The highest BCUT2D eigenvalue weighted by molar-refractivity contribution is 5.75. The predicted molar refractivity (Wildman–Crippen MR) is 71.7 cm³/mol. The number of benzene rings is 1. The van der Waals surface area contributed by atoms with Gasteiger partial charge < -0.3 is 20.0 Å². The number of imidazole rings is 1. The number of aliphatic hydroxyl groups excluding tert-OH is 1. The Morgan fingerprint density at radius 1 is 1.28 bits per heavy atom. The third-order valence-electron chi connectivity index (χ3n) is 3.18. The van der Waals surface area contributed by atoms with E-state index in [0.29, 0.717) is 0 Å². The molecule has 0 fully saturated rings. The van der Waals surface area contributed by atoms with Crippen molar-refractivity contribution in [3.05, 3.63) is 34.2 Å². The van der Waals surface area contributed by atoms with E-state index in [9.17, 15) is 4.79 Å². The van der Waals surface area contributed by atoms with Crippen LogP contribution in [0.5, 0.6) is 0 Å². The Morgan fingerprint density at radius 2 is 2.00 bits per heavy atom. The SMILES string of the molecule is CN(C)C(CCCO)c1ccc2[nH]c(=O)[nH]c2c1. The van der Waals surface area contributed by atoms with E-state index < -0.39 is 0 Å². The Kier molecular flexibility index (Phi) is 3.84. The molecule has 5 nitrogen and oxygen atoms in total. The fourth-order valence-electron chi connectivity index (χ4n) is 2.27. The molecule has 2 aromatic rings. The largest absolute Gasteiger partial charge is 0.396 e. The highest BCUT2D eigenvalue weighted by atomic mass is 16.2. The minimum Gasteiger partial charge on any atom is -0.396 e. The van der Waals surface area contributed by atoms with Gasteiger partial charge in [-0.1, -0.05) is 6.07 Å². The second-order valence-corrected chi connectivity index (χ2v) is 4.73. The molecule has 0 amide bonds. The topological polar surface area (TPSA) is 72.1 Å². The maximum atomic E-state index is 11.2. The van der Waals surface area contributed by atoms with Gasteiger partial charge in [-0.3, -0.25) is 0 Å². The molecule has 1 aromatic carbocycles. The first-order valence-electron chi connectivity index (χ1n) is 6.11. The van der Waals surface area contributed by atoms with Gasteiger partial charge in [-0.2, -0.15) is 0 Å². The Hall–Kier alpha value is -1.59. The van der Waals surface area contributed by atoms with Gasteiger partial charge in [0, 0.05) is 12.6 Å². The van der Waals surface area contributed by atoms with Gasteiger partial charge >= 0.3 is 5.69 Å². The van der Waals surface area contributed by atoms with Crippen LogP contribution in [0.4, 0.5) is 0 Å². The Labute approximate surface area is 105 Å². The van der Waals surface area contributed by atoms with Crippen LogP contribution < -0.4 is 5.69 Å². The van der Waals surface area contributed by atoms with Crippen LogP contribution in [0, 0.1) is 0 Å². The van der Waals surface area contributed by atoms with Gasteiger partial charge in [0.05, 0.1) is 11.0 Å². The number of nitrogens with one attached hydrogen (secondary N) is 2. The molecule has 0 radical (unpaired) electrons. The van der Waals surface area contributed by atoms with Gasteiger partial charge in [-0.15, -0.1) is 0 Å². The van der Waals surface area contributed by atoms with E-state index in [1.807, 2.05) is 32.3 Å². The first kappa shape index (κ1) is 12.9. The van der Waals surface area contributed by atoms with Gasteiger partial charge in [0.15, 0.2) is 0 Å². The number of fused-ring (bicyclic) bond motifs is 1. The number of aliphatic hydroxyl groups is 1. The van der Waals surface area contributed by atoms with Crippen molar-refractivity contribution in [3.8, 4) is 0 Å². The van der Waals surface area contributed by atoms with Gasteiger partial charge in [-0.05, 0) is 44.6 Å². The third kappa shape index (κ3) is 2.63. The molecular formula is C13H19N3O2. The van der Waals surface area contributed by atoms with Gasteiger partial charge in [-0.25, -0.2) is 4.79 Å². The van der Waals surface area contributed by atoms with Crippen molar-refractivity contribution < 1.29 is 5.11 Å². The average Bonchev–Trinajstić information content (AvgIpc) is 2.68. The fraction of sp³-hybridized carbons (Fsp3) is 0.462. The number of hydrogen-bond acceptors (Lipinski definition) is 3. The van der Waals surface area contributed by atoms with Crippen molar-refractivity contribution in [1.29, 1.82) is 0 Å². The number of nitrogens with zero attached hydrogens (tertiary/aromatic N) is 1. The predicted octanol–water partition coefficient (Wildman–Crippen LogP) is 1.23. The molecule has 0 spiro atoms. The molecule has 5 heteroatoms. The van der Waals surface area contributed by atoms with Crippen molar-refractivity contribution in [2.24, 2.45) is 0 Å². The van der Waals surface area contributed by atoms with Crippen LogP contribution in [-0.4, -0.2) is 40.7 Å². The zero-order valence-corrected chi connectivity index (χ0v) is 10.7. The van der Waals surface area contributed by atoms with E-state index in [4.69, 9.17) is 5.11 Å². The highest BCUT2D eigenvalue weighted by Crippen LogP contribution is 2.25. The molecule has 0 saturated heterocycles. The van der Waals surface area contributed by atoms with Gasteiger partial charge in [0.2, 0.25) is 0 Å². The molecule has 1 heterocycles. The lowest BCUT2D eigenvalue weighted by atomic mass is 10.0. The molecule has 0 saturated carbocycles. The average molecular weight is 249 g/mol. The summed E-state index contributed by atoms with van der Waals surface area (Å²) in [4.78, 5) is 18.8. The molecule has 0 bridgehead atoms. The summed E-state index contributed by atoms with van der Waals surface area (Å²) in [7, 11) is 4.04. The number of rotatable bonds is 5. The number of aromatic nitrogens is 2. The van der Waals surface area contributed by atoms with Crippen LogP contribution in [0.25, 0.3) is 11.0 Å². The highest BCUT2D eigenvalue weighted by Gasteiger charge is 2.14. The quantitative estimate of drug-likeness (QED) is 0.746. The lowest BCUT2D eigenvalue weighted by molar-refractivity contribution is 0.235. The standard InChI is InChI=1S/C13H19N3O2/c1-16(2)12(4-3-7-17)9-5-6-10-11(8-9)15-13(18)14-10/h5-6,8,12,17H,3-4,7H2,1-2H3,(H2,14,15,18). The first-order valence-corrected chi connectivity index (χ1v) is 6.11. The van der Waals surface area contributed by atoms with E-state index in [1.54, 1.807) is 0 Å². The Bertz CT molecular complexity index is 571. The minimum absolute atomic E-state index is 0.182. The van der Waals surface area contributed by atoms with Crippen LogP contribution >= 0.6 is 0 Å². The van der Waals surface area contributed by atoms with E-state index in [0.717, 1.165) is 29.4 Å². The zero-order chi connectivity index (χ0) is 13.1. The van der Waals surface area contributed by atoms with Crippen LogP contribution in [-0.2, 0) is 0 Å². The molecule has 3 N–H and O–H groups in total. The molecule has 0 aliphatic carbocycles. The number of aromatic amines is 2. The summed E-state index contributed by atoms with van der Waals surface area (Å²) in [6, 6.07) is 6.18. The number of hydrogen-bond donors (Lipinski definition) is 3. The summed E-state index contributed by atoms with van der Waals surface area (Å²) in [6.45, 7) is 0.202. The van der Waals surface area contributed by atoms with Crippen LogP contribution in [0.2, 0.25) is 0 Å². The van der Waals surface area contributed by atoms with E-state index in [1.165, 1.54) is 0 Å². The Morgan fingerprint density at radius 3 is 2.67 bits per heavy atom. The van der Waals surface area contributed by atoms with Crippen LogP contribution in [0.15, 0.2) is 23.0 Å². The summed E-state index contributed by atoms with van der Waals surface area (Å²) in [5.41, 5.74) is 2.62. The van der Waals surface area contributed by atoms with Crippen molar-refractivity contribution in [2.45, 2.75) is 18.9 Å². The maximum absolute atomic E-state index is 11.2. The van der Waals surface area contributed by atoms with Crippen LogP contribution in [0.3, 0.4) is 0 Å². The molecule has 98 valence electrons. The molecule has 0 aliphatic rings. The summed E-state index contributed by atoms with van der Waals surface area (Å²) >= 11 is 0. The smallest absolute Gasteiger partial charge is 0.323 e. The maximum Gasteiger partial charge on any atom is 0.323 e. The molecule has 0 aliphatic heterocycles. The molecular weight excluding hydrogens is 230 g/mol.